The first-order valence-electron chi connectivity index (χ1n) is 7.95. The molecule has 5 heteroatoms. The number of nitrogens with one attached hydrogen (secondary N) is 1. The van der Waals surface area contributed by atoms with Gasteiger partial charge in [-0.25, -0.2) is 4.39 Å². The normalized spacial score (nSPS) is 12.1. The Morgan fingerprint density at radius 1 is 1.12 bits per heavy atom. The minimum atomic E-state index is -0.699. The summed E-state index contributed by atoms with van der Waals surface area (Å²) >= 11 is 5.88. The van der Waals surface area contributed by atoms with Crippen molar-refractivity contribution in [3.05, 3.63) is 82.6 Å². The van der Waals surface area contributed by atoms with E-state index in [-0.39, 0.29) is 17.1 Å². The molecule has 2 N–H and O–H groups in total. The second kappa shape index (κ2) is 7.64. The summed E-state index contributed by atoms with van der Waals surface area (Å²) in [6.07, 6.45) is -0.339. The molecule has 0 aliphatic carbocycles. The predicted octanol–water partition coefficient (Wildman–Crippen LogP) is 4.49. The summed E-state index contributed by atoms with van der Waals surface area (Å²) in [5.41, 5.74) is 1.04. The lowest BCUT2D eigenvalue weighted by molar-refractivity contribution is 0.0943. The van der Waals surface area contributed by atoms with Crippen molar-refractivity contribution in [1.82, 2.24) is 5.32 Å². The van der Waals surface area contributed by atoms with Crippen molar-refractivity contribution in [2.45, 2.75) is 12.5 Å². The third-order valence-electron chi connectivity index (χ3n) is 4.06. The number of carbonyl (C=O) groups excluding carboxylic acids is 1. The highest BCUT2D eigenvalue weighted by Crippen LogP contribution is 2.26. The van der Waals surface area contributed by atoms with Crippen molar-refractivity contribution in [2.24, 2.45) is 0 Å². The zero-order chi connectivity index (χ0) is 17.8. The Morgan fingerprint density at radius 2 is 1.88 bits per heavy atom. The molecule has 0 aliphatic heterocycles. The van der Waals surface area contributed by atoms with Gasteiger partial charge in [0.15, 0.2) is 0 Å². The van der Waals surface area contributed by atoms with E-state index >= 15 is 0 Å². The van der Waals surface area contributed by atoms with E-state index in [9.17, 15) is 14.3 Å². The van der Waals surface area contributed by atoms with Crippen molar-refractivity contribution in [2.75, 3.05) is 6.54 Å². The summed E-state index contributed by atoms with van der Waals surface area (Å²) < 4.78 is 13.0. The van der Waals surface area contributed by atoms with Gasteiger partial charge in [0.05, 0.1) is 16.7 Å². The number of hydrogen-bond donors (Lipinski definition) is 2. The molecule has 1 atom stereocenters. The lowest BCUT2D eigenvalue weighted by Gasteiger charge is -2.14. The molecular weight excluding hydrogens is 341 g/mol. The van der Waals surface area contributed by atoms with Gasteiger partial charge in [0.2, 0.25) is 0 Å². The number of amides is 1. The van der Waals surface area contributed by atoms with E-state index in [0.717, 1.165) is 22.4 Å². The fraction of sp³-hybridized carbons (Fsp3) is 0.150. The molecule has 3 rings (SSSR count). The van der Waals surface area contributed by atoms with Gasteiger partial charge < -0.3 is 10.4 Å². The summed E-state index contributed by atoms with van der Waals surface area (Å²) in [6.45, 7) is 0.275. The number of benzene rings is 3. The van der Waals surface area contributed by atoms with Crippen molar-refractivity contribution in [3.63, 3.8) is 0 Å². The van der Waals surface area contributed by atoms with E-state index in [2.05, 4.69) is 5.32 Å². The number of aliphatic hydroxyl groups is 1. The largest absolute Gasteiger partial charge is 0.388 e. The number of halogens is 2. The van der Waals surface area contributed by atoms with E-state index in [1.54, 1.807) is 0 Å². The zero-order valence-electron chi connectivity index (χ0n) is 13.4. The average Bonchev–Trinajstić information content (AvgIpc) is 2.61. The maximum atomic E-state index is 13.0. The molecule has 0 fully saturated rings. The molecule has 0 saturated heterocycles. The monoisotopic (exact) mass is 357 g/mol. The van der Waals surface area contributed by atoms with Gasteiger partial charge in [0.1, 0.15) is 5.82 Å². The number of rotatable bonds is 5. The number of aliphatic hydroxyl groups excluding tert-OH is 1. The molecule has 0 aromatic heterocycles. The lowest BCUT2D eigenvalue weighted by atomic mass is 9.99. The lowest BCUT2D eigenvalue weighted by Crippen LogP contribution is -2.26. The second-order valence-corrected chi connectivity index (χ2v) is 6.16. The van der Waals surface area contributed by atoms with Crippen LogP contribution in [0.5, 0.6) is 0 Å². The summed E-state index contributed by atoms with van der Waals surface area (Å²) in [6, 6.07) is 17.2. The first-order chi connectivity index (χ1) is 12.1. The Balaban J connectivity index is 1.64. The van der Waals surface area contributed by atoms with Crippen molar-refractivity contribution in [1.29, 1.82) is 0 Å². The Morgan fingerprint density at radius 3 is 2.68 bits per heavy atom. The molecule has 0 spiro atoms. The van der Waals surface area contributed by atoms with Crippen LogP contribution in [0.3, 0.4) is 0 Å². The van der Waals surface area contributed by atoms with Crippen molar-refractivity contribution in [3.8, 4) is 0 Å². The third-order valence-corrected chi connectivity index (χ3v) is 4.37. The molecule has 25 heavy (non-hydrogen) atoms. The van der Waals surface area contributed by atoms with Crippen LogP contribution in [0.15, 0.2) is 60.7 Å². The van der Waals surface area contributed by atoms with Gasteiger partial charge in [-0.3, -0.25) is 4.79 Å². The highest BCUT2D eigenvalue weighted by atomic mass is 35.5. The Labute approximate surface area is 150 Å². The summed E-state index contributed by atoms with van der Waals surface area (Å²) in [7, 11) is 0. The minimum absolute atomic E-state index is 0.0621. The molecule has 0 heterocycles. The predicted molar refractivity (Wildman–Crippen MR) is 97.3 cm³/mol. The van der Waals surface area contributed by atoms with E-state index < -0.39 is 17.8 Å². The summed E-state index contributed by atoms with van der Waals surface area (Å²) in [5.74, 6) is -0.886. The van der Waals surface area contributed by atoms with Crippen LogP contribution in [0, 0.1) is 5.82 Å². The van der Waals surface area contributed by atoms with Crippen LogP contribution in [0.1, 0.15) is 28.4 Å². The SMILES string of the molecule is O=C(NCC[C@H](O)c1cccc2ccccc12)c1ccc(F)cc1Cl. The smallest absolute Gasteiger partial charge is 0.252 e. The molecule has 3 nitrogen and oxygen atoms in total. The van der Waals surface area contributed by atoms with Crippen LogP contribution in [-0.4, -0.2) is 17.6 Å². The second-order valence-electron chi connectivity index (χ2n) is 5.75. The number of fused-ring (bicyclic) bond motifs is 1. The third kappa shape index (κ3) is 3.98. The van der Waals surface area contributed by atoms with Crippen molar-refractivity contribution >= 4 is 28.3 Å². The minimum Gasteiger partial charge on any atom is -0.388 e. The topological polar surface area (TPSA) is 49.3 Å². The van der Waals surface area contributed by atoms with Crippen LogP contribution in [0.2, 0.25) is 5.02 Å². The molecular formula is C20H17ClFNO2. The van der Waals surface area contributed by atoms with Gasteiger partial charge in [-0.2, -0.15) is 0 Å². The molecule has 3 aromatic carbocycles. The standard InChI is InChI=1S/C20H17ClFNO2/c21-18-12-14(22)8-9-17(18)20(25)23-11-10-19(24)16-7-3-5-13-4-1-2-6-15(13)16/h1-9,12,19,24H,10-11H2,(H,23,25)/t19-/m0/s1. The van der Waals surface area contributed by atoms with Crippen LogP contribution >= 0.6 is 11.6 Å². The quantitative estimate of drug-likeness (QED) is 0.707. The highest BCUT2D eigenvalue weighted by molar-refractivity contribution is 6.33. The molecule has 0 aliphatic rings. The van der Waals surface area contributed by atoms with Crippen molar-refractivity contribution < 1.29 is 14.3 Å². The van der Waals surface area contributed by atoms with Gasteiger partial charge in [-0.1, -0.05) is 54.1 Å². The summed E-state index contributed by atoms with van der Waals surface area (Å²) in [5, 5.41) is 15.3. The highest BCUT2D eigenvalue weighted by Gasteiger charge is 2.14. The Kier molecular flexibility index (Phi) is 5.31. The fourth-order valence-electron chi connectivity index (χ4n) is 2.79. The zero-order valence-corrected chi connectivity index (χ0v) is 14.1. The molecule has 0 saturated carbocycles. The Bertz CT molecular complexity index is 908. The van der Waals surface area contributed by atoms with Crippen LogP contribution in [-0.2, 0) is 0 Å². The Hall–Kier alpha value is -2.43. The first-order valence-corrected chi connectivity index (χ1v) is 8.33. The number of carbonyl (C=O) groups is 1. The van der Waals surface area contributed by atoms with E-state index in [1.165, 1.54) is 12.1 Å². The number of hydrogen-bond acceptors (Lipinski definition) is 2. The average molecular weight is 358 g/mol. The molecule has 1 amide bonds. The first kappa shape index (κ1) is 17.4. The van der Waals surface area contributed by atoms with Gasteiger partial charge in [-0.15, -0.1) is 0 Å². The van der Waals surface area contributed by atoms with Gasteiger partial charge in [0.25, 0.3) is 5.91 Å². The maximum Gasteiger partial charge on any atom is 0.252 e. The van der Waals surface area contributed by atoms with E-state index in [1.807, 2.05) is 42.5 Å². The van der Waals surface area contributed by atoms with Crippen LogP contribution < -0.4 is 5.32 Å². The molecule has 3 aromatic rings. The molecule has 0 bridgehead atoms. The summed E-state index contributed by atoms with van der Waals surface area (Å²) in [4.78, 5) is 12.1. The van der Waals surface area contributed by atoms with Gasteiger partial charge in [0, 0.05) is 6.54 Å². The fourth-order valence-corrected chi connectivity index (χ4v) is 3.04. The van der Waals surface area contributed by atoms with E-state index in [4.69, 9.17) is 11.6 Å². The molecule has 128 valence electrons. The van der Waals surface area contributed by atoms with E-state index in [0.29, 0.717) is 6.42 Å². The van der Waals surface area contributed by atoms with Gasteiger partial charge in [-0.05, 0) is 41.0 Å². The van der Waals surface area contributed by atoms with Crippen LogP contribution in [0.4, 0.5) is 4.39 Å². The molecule has 0 unspecified atom stereocenters. The molecule has 0 radical (unpaired) electrons. The maximum absolute atomic E-state index is 13.0. The van der Waals surface area contributed by atoms with Crippen LogP contribution in [0.25, 0.3) is 10.8 Å². The van der Waals surface area contributed by atoms with Gasteiger partial charge >= 0.3 is 0 Å².